The second-order valence-corrected chi connectivity index (χ2v) is 7.35. The highest BCUT2D eigenvalue weighted by Gasteiger charge is 2.13. The van der Waals surface area contributed by atoms with Gasteiger partial charge in [-0.1, -0.05) is 6.07 Å². The lowest BCUT2D eigenvalue weighted by atomic mass is 10.2. The zero-order valence-electron chi connectivity index (χ0n) is 15.0. The van der Waals surface area contributed by atoms with Crippen LogP contribution < -0.4 is 4.74 Å². The van der Waals surface area contributed by atoms with Crippen molar-refractivity contribution >= 4 is 32.5 Å². The zero-order valence-corrected chi connectivity index (χ0v) is 15.8. The first-order valence-electron chi connectivity index (χ1n) is 8.83. The Morgan fingerprint density at radius 2 is 1.93 bits per heavy atom. The third kappa shape index (κ3) is 3.40. The van der Waals surface area contributed by atoms with E-state index in [4.69, 9.17) is 4.74 Å². The van der Waals surface area contributed by atoms with Gasteiger partial charge >= 0.3 is 0 Å². The number of fused-ring (bicyclic) bond motifs is 2. The normalized spacial score (nSPS) is 11.2. The highest BCUT2D eigenvalue weighted by molar-refractivity contribution is 7.17. The lowest BCUT2D eigenvalue weighted by Crippen LogP contribution is -1.97. The Bertz CT molecular complexity index is 1350. The molecular formula is C22H13F2N3OS. The number of hydrogen-bond acceptors (Lipinski definition) is 5. The van der Waals surface area contributed by atoms with Crippen molar-refractivity contribution in [3.05, 3.63) is 83.5 Å². The van der Waals surface area contributed by atoms with Gasteiger partial charge in [0.1, 0.15) is 24.0 Å². The average Bonchev–Trinajstić information content (AvgIpc) is 3.16. The van der Waals surface area contributed by atoms with Crippen LogP contribution in [-0.2, 0) is 6.61 Å². The molecule has 0 spiro atoms. The number of nitrogens with zero attached hydrogens (tertiary/aromatic N) is 3. The van der Waals surface area contributed by atoms with Crippen molar-refractivity contribution in [1.82, 2.24) is 15.0 Å². The van der Waals surface area contributed by atoms with E-state index in [1.54, 1.807) is 12.4 Å². The standard InChI is InChI=1S/C22H13F2N3OS/c23-15-3-5-18(24)17(9-15)22-26-10-20-21(27-22)14(12-29-20)11-28-16-4-6-19-13(8-16)2-1-7-25-19/h1-10,12H,11H2. The van der Waals surface area contributed by atoms with E-state index >= 15 is 0 Å². The molecule has 4 nitrogen and oxygen atoms in total. The van der Waals surface area contributed by atoms with Crippen LogP contribution in [0, 0.1) is 11.6 Å². The molecule has 3 heterocycles. The van der Waals surface area contributed by atoms with Gasteiger partial charge in [0.25, 0.3) is 0 Å². The first kappa shape index (κ1) is 17.6. The maximum absolute atomic E-state index is 14.1. The van der Waals surface area contributed by atoms with Crippen molar-refractivity contribution < 1.29 is 13.5 Å². The van der Waals surface area contributed by atoms with E-state index < -0.39 is 11.6 Å². The number of hydrogen-bond donors (Lipinski definition) is 0. The largest absolute Gasteiger partial charge is 0.489 e. The monoisotopic (exact) mass is 405 g/mol. The molecule has 7 heteroatoms. The molecule has 0 unspecified atom stereocenters. The Morgan fingerprint density at radius 3 is 2.86 bits per heavy atom. The van der Waals surface area contributed by atoms with Crippen molar-refractivity contribution in [3.8, 4) is 17.1 Å². The lowest BCUT2D eigenvalue weighted by Gasteiger charge is -2.07. The van der Waals surface area contributed by atoms with Gasteiger partial charge < -0.3 is 4.74 Å². The van der Waals surface area contributed by atoms with Gasteiger partial charge in [-0.2, -0.15) is 0 Å². The van der Waals surface area contributed by atoms with Crippen LogP contribution >= 0.6 is 11.3 Å². The van der Waals surface area contributed by atoms with Gasteiger partial charge in [-0.15, -0.1) is 11.3 Å². The summed E-state index contributed by atoms with van der Waals surface area (Å²) in [4.78, 5) is 13.0. The zero-order chi connectivity index (χ0) is 19.8. The third-order valence-corrected chi connectivity index (χ3v) is 5.48. The number of thiophene rings is 1. The van der Waals surface area contributed by atoms with Crippen LogP contribution in [0.2, 0.25) is 0 Å². The number of rotatable bonds is 4. The third-order valence-electron chi connectivity index (χ3n) is 4.53. The first-order valence-corrected chi connectivity index (χ1v) is 9.71. The maximum Gasteiger partial charge on any atom is 0.162 e. The second-order valence-electron chi connectivity index (χ2n) is 6.44. The van der Waals surface area contributed by atoms with Gasteiger partial charge in [-0.3, -0.25) is 4.98 Å². The second kappa shape index (κ2) is 7.18. The Morgan fingerprint density at radius 1 is 1.00 bits per heavy atom. The highest BCUT2D eigenvalue weighted by Crippen LogP contribution is 2.29. The Hall–Kier alpha value is -3.45. The molecule has 0 radical (unpaired) electrons. The summed E-state index contributed by atoms with van der Waals surface area (Å²) < 4.78 is 34.4. The van der Waals surface area contributed by atoms with E-state index in [1.807, 2.05) is 35.7 Å². The molecule has 5 rings (SSSR count). The molecule has 0 fully saturated rings. The highest BCUT2D eigenvalue weighted by atomic mass is 32.1. The molecule has 0 aliphatic heterocycles. The lowest BCUT2D eigenvalue weighted by molar-refractivity contribution is 0.308. The van der Waals surface area contributed by atoms with Gasteiger partial charge in [-0.25, -0.2) is 18.7 Å². The van der Waals surface area contributed by atoms with Crippen molar-refractivity contribution in [2.24, 2.45) is 0 Å². The molecule has 29 heavy (non-hydrogen) atoms. The van der Waals surface area contributed by atoms with Crippen LogP contribution in [0.15, 0.2) is 66.3 Å². The fourth-order valence-corrected chi connectivity index (χ4v) is 3.93. The van der Waals surface area contributed by atoms with Crippen LogP contribution in [0.4, 0.5) is 8.78 Å². The summed E-state index contributed by atoms with van der Waals surface area (Å²) in [5, 5.41) is 2.93. The topological polar surface area (TPSA) is 47.9 Å². The van der Waals surface area contributed by atoms with Crippen molar-refractivity contribution in [3.63, 3.8) is 0 Å². The summed E-state index contributed by atoms with van der Waals surface area (Å²) in [6.45, 7) is 0.299. The summed E-state index contributed by atoms with van der Waals surface area (Å²) in [5.41, 5.74) is 2.46. The molecule has 0 aliphatic rings. The van der Waals surface area contributed by atoms with E-state index in [1.165, 1.54) is 11.3 Å². The number of pyridine rings is 1. The van der Waals surface area contributed by atoms with Crippen LogP contribution in [0.5, 0.6) is 5.75 Å². The van der Waals surface area contributed by atoms with Crippen LogP contribution in [0.25, 0.3) is 32.5 Å². The van der Waals surface area contributed by atoms with Crippen molar-refractivity contribution in [2.45, 2.75) is 6.61 Å². The maximum atomic E-state index is 14.1. The number of ether oxygens (including phenoxy) is 1. The van der Waals surface area contributed by atoms with Crippen LogP contribution in [0.1, 0.15) is 5.56 Å². The smallest absolute Gasteiger partial charge is 0.162 e. The van der Waals surface area contributed by atoms with E-state index in [2.05, 4.69) is 15.0 Å². The predicted octanol–water partition coefficient (Wildman–Crippen LogP) is 5.76. The van der Waals surface area contributed by atoms with E-state index in [0.29, 0.717) is 12.1 Å². The number of aromatic nitrogens is 3. The van der Waals surface area contributed by atoms with E-state index in [-0.39, 0.29) is 11.4 Å². The van der Waals surface area contributed by atoms with Gasteiger partial charge in [0, 0.05) is 28.7 Å². The molecule has 142 valence electrons. The SMILES string of the molecule is Fc1ccc(F)c(-c2ncc3scc(COc4ccc5ncccc5c4)c3n2)c1. The minimum absolute atomic E-state index is 0.0343. The number of benzene rings is 2. The first-order chi connectivity index (χ1) is 14.2. The van der Waals surface area contributed by atoms with E-state index in [9.17, 15) is 8.78 Å². The van der Waals surface area contributed by atoms with Gasteiger partial charge in [0.05, 0.1) is 21.3 Å². The quantitative estimate of drug-likeness (QED) is 0.381. The summed E-state index contributed by atoms with van der Waals surface area (Å²) in [6.07, 6.45) is 3.37. The summed E-state index contributed by atoms with van der Waals surface area (Å²) in [7, 11) is 0. The van der Waals surface area contributed by atoms with Crippen molar-refractivity contribution in [1.29, 1.82) is 0 Å². The molecule has 0 aliphatic carbocycles. The van der Waals surface area contributed by atoms with Crippen LogP contribution in [-0.4, -0.2) is 15.0 Å². The molecule has 2 aromatic carbocycles. The molecular weight excluding hydrogens is 392 g/mol. The molecule has 0 saturated carbocycles. The molecule has 0 N–H and O–H groups in total. The Kier molecular flexibility index (Phi) is 4.37. The summed E-state index contributed by atoms with van der Waals surface area (Å²) >= 11 is 1.48. The van der Waals surface area contributed by atoms with Gasteiger partial charge in [0.2, 0.25) is 0 Å². The molecule has 3 aromatic heterocycles. The van der Waals surface area contributed by atoms with E-state index in [0.717, 1.165) is 45.1 Å². The summed E-state index contributed by atoms with van der Waals surface area (Å²) in [6, 6.07) is 12.8. The molecule has 0 bridgehead atoms. The van der Waals surface area contributed by atoms with Crippen molar-refractivity contribution in [2.75, 3.05) is 0 Å². The van der Waals surface area contributed by atoms with Gasteiger partial charge in [-0.05, 0) is 42.5 Å². The minimum Gasteiger partial charge on any atom is -0.489 e. The Labute approximate surface area is 168 Å². The molecule has 0 saturated heterocycles. The molecule has 0 atom stereocenters. The fraction of sp³-hybridized carbons (Fsp3) is 0.0455. The fourth-order valence-electron chi connectivity index (χ4n) is 3.08. The minimum atomic E-state index is -0.566. The van der Waals surface area contributed by atoms with Gasteiger partial charge in [0.15, 0.2) is 5.82 Å². The molecule has 0 amide bonds. The Balaban J connectivity index is 1.46. The van der Waals surface area contributed by atoms with Crippen LogP contribution in [0.3, 0.4) is 0 Å². The average molecular weight is 405 g/mol. The predicted molar refractivity (Wildman–Crippen MR) is 109 cm³/mol. The number of halogens is 2. The summed E-state index contributed by atoms with van der Waals surface area (Å²) in [5.74, 6) is -0.241. The molecule has 5 aromatic rings.